The van der Waals surface area contributed by atoms with Crippen LogP contribution in [0.2, 0.25) is 0 Å². The van der Waals surface area contributed by atoms with Crippen LogP contribution in [0.15, 0.2) is 34.9 Å². The molecule has 3 nitrogen and oxygen atoms in total. The number of hydrogen-bond acceptors (Lipinski definition) is 3. The largest absolute Gasteiger partial charge is 0.462 e. The summed E-state index contributed by atoms with van der Waals surface area (Å²) in [4.78, 5) is 23.5. The van der Waals surface area contributed by atoms with Gasteiger partial charge in [0.05, 0.1) is 0 Å². The van der Waals surface area contributed by atoms with E-state index in [4.69, 9.17) is 4.74 Å². The quantitative estimate of drug-likeness (QED) is 0.626. The zero-order chi connectivity index (χ0) is 18.9. The minimum Gasteiger partial charge on any atom is -0.462 e. The first-order valence-corrected chi connectivity index (χ1v) is 10.3. The highest BCUT2D eigenvalue weighted by molar-refractivity contribution is 5.93. The van der Waals surface area contributed by atoms with Gasteiger partial charge in [-0.25, -0.2) is 0 Å². The molecule has 0 N–H and O–H groups in total. The Bertz CT molecular complexity index is 682. The summed E-state index contributed by atoms with van der Waals surface area (Å²) in [5.74, 6) is 1.07. The van der Waals surface area contributed by atoms with Gasteiger partial charge in [-0.1, -0.05) is 38.8 Å². The minimum absolute atomic E-state index is 0.0877. The van der Waals surface area contributed by atoms with Crippen molar-refractivity contribution in [3.8, 4) is 0 Å². The van der Waals surface area contributed by atoms with Gasteiger partial charge in [0.15, 0.2) is 5.78 Å². The van der Waals surface area contributed by atoms with Gasteiger partial charge < -0.3 is 4.74 Å². The summed E-state index contributed by atoms with van der Waals surface area (Å²) >= 11 is 0. The molecular formula is C23H32O3. The van der Waals surface area contributed by atoms with E-state index < -0.39 is 0 Å². The van der Waals surface area contributed by atoms with E-state index in [1.807, 2.05) is 6.08 Å². The van der Waals surface area contributed by atoms with Crippen molar-refractivity contribution in [2.24, 2.45) is 17.3 Å². The third-order valence-corrected chi connectivity index (χ3v) is 6.79. The molecule has 3 unspecified atom stereocenters. The Kier molecular flexibility index (Phi) is 5.55. The number of allylic oxidation sites excluding steroid dienone is 5. The molecule has 0 aromatic carbocycles. The fourth-order valence-corrected chi connectivity index (χ4v) is 5.76. The maximum Gasteiger partial charge on any atom is 0.302 e. The first-order valence-electron chi connectivity index (χ1n) is 10.3. The van der Waals surface area contributed by atoms with Crippen LogP contribution in [-0.2, 0) is 14.3 Å². The monoisotopic (exact) mass is 356 g/mol. The topological polar surface area (TPSA) is 43.4 Å². The Hall–Kier alpha value is -1.64. The number of ether oxygens (including phenoxy) is 1. The van der Waals surface area contributed by atoms with Crippen LogP contribution in [0, 0.1) is 17.3 Å². The van der Waals surface area contributed by atoms with Crippen molar-refractivity contribution in [2.45, 2.75) is 78.7 Å². The van der Waals surface area contributed by atoms with Gasteiger partial charge in [0, 0.05) is 18.8 Å². The molecule has 0 saturated carbocycles. The molecular weight excluding hydrogens is 324 g/mol. The van der Waals surface area contributed by atoms with E-state index in [1.165, 1.54) is 23.6 Å². The van der Waals surface area contributed by atoms with Gasteiger partial charge >= 0.3 is 5.97 Å². The van der Waals surface area contributed by atoms with E-state index in [0.717, 1.165) is 38.5 Å². The van der Waals surface area contributed by atoms with Crippen molar-refractivity contribution in [3.63, 3.8) is 0 Å². The van der Waals surface area contributed by atoms with E-state index >= 15 is 0 Å². The number of esters is 1. The molecule has 0 bridgehead atoms. The first kappa shape index (κ1) is 19.1. The van der Waals surface area contributed by atoms with Crippen LogP contribution in [0.1, 0.15) is 72.6 Å². The lowest BCUT2D eigenvalue weighted by Gasteiger charge is -2.50. The van der Waals surface area contributed by atoms with Gasteiger partial charge in [-0.3, -0.25) is 9.59 Å². The van der Waals surface area contributed by atoms with Crippen LogP contribution in [-0.4, -0.2) is 17.9 Å². The van der Waals surface area contributed by atoms with Crippen LogP contribution in [0.4, 0.5) is 0 Å². The summed E-state index contributed by atoms with van der Waals surface area (Å²) in [6.07, 6.45) is 13.2. The summed E-state index contributed by atoms with van der Waals surface area (Å²) in [6.45, 7) is 8.06. The van der Waals surface area contributed by atoms with Gasteiger partial charge in [0.1, 0.15) is 6.10 Å². The number of ketones is 1. The van der Waals surface area contributed by atoms with Gasteiger partial charge in [-0.15, -0.1) is 0 Å². The lowest BCUT2D eigenvalue weighted by atomic mass is 9.55. The van der Waals surface area contributed by atoms with Crippen molar-refractivity contribution < 1.29 is 14.3 Å². The third kappa shape index (κ3) is 3.21. The first-order chi connectivity index (χ1) is 12.4. The molecule has 0 radical (unpaired) electrons. The molecule has 0 spiro atoms. The van der Waals surface area contributed by atoms with E-state index in [2.05, 4.69) is 32.9 Å². The van der Waals surface area contributed by atoms with E-state index in [9.17, 15) is 9.59 Å². The second-order valence-electron chi connectivity index (χ2n) is 8.18. The highest BCUT2D eigenvalue weighted by Crippen LogP contribution is 2.55. The summed E-state index contributed by atoms with van der Waals surface area (Å²) in [5.41, 5.74) is 4.04. The molecule has 0 saturated heterocycles. The normalized spacial score (nSPS) is 31.8. The second-order valence-corrected chi connectivity index (χ2v) is 8.18. The molecule has 0 heterocycles. The van der Waals surface area contributed by atoms with Crippen molar-refractivity contribution in [2.75, 3.05) is 0 Å². The maximum absolute atomic E-state index is 11.8. The van der Waals surface area contributed by atoms with Crippen LogP contribution >= 0.6 is 0 Å². The number of carbonyl (C=O) groups excluding carboxylic acids is 2. The smallest absolute Gasteiger partial charge is 0.302 e. The molecule has 0 fully saturated rings. The van der Waals surface area contributed by atoms with E-state index in [1.54, 1.807) is 0 Å². The molecule has 26 heavy (non-hydrogen) atoms. The minimum atomic E-state index is -0.194. The molecule has 0 aromatic rings. The zero-order valence-corrected chi connectivity index (χ0v) is 16.6. The highest BCUT2D eigenvalue weighted by atomic mass is 16.5. The standard InChI is InChI=1S/C23H32O3/c1-5-12-23(15(3)26-16(4)24)13-11-20-19-10-8-18(25)14-17(19)7-9-21(20)22(23)6-2/h11,13-15,21-22H,5-10,12H2,1-4H3/t15?,21-,22?,23?/m1/s1. The van der Waals surface area contributed by atoms with E-state index in [0.29, 0.717) is 18.3 Å². The number of fused-ring (bicyclic) bond motifs is 2. The molecule has 142 valence electrons. The Balaban J connectivity index is 2.07. The van der Waals surface area contributed by atoms with Gasteiger partial charge in [0.2, 0.25) is 0 Å². The molecule has 3 aliphatic carbocycles. The van der Waals surface area contributed by atoms with Crippen LogP contribution < -0.4 is 0 Å². The summed E-state index contributed by atoms with van der Waals surface area (Å²) in [7, 11) is 0. The average Bonchev–Trinajstić information content (AvgIpc) is 2.60. The third-order valence-electron chi connectivity index (χ3n) is 6.79. The number of hydrogen-bond donors (Lipinski definition) is 0. The highest BCUT2D eigenvalue weighted by Gasteiger charge is 2.49. The lowest BCUT2D eigenvalue weighted by Crippen LogP contribution is -2.47. The van der Waals surface area contributed by atoms with Crippen LogP contribution in [0.3, 0.4) is 0 Å². The fourth-order valence-electron chi connectivity index (χ4n) is 5.76. The Morgan fingerprint density at radius 3 is 2.73 bits per heavy atom. The molecule has 3 rings (SSSR count). The van der Waals surface area contributed by atoms with E-state index in [-0.39, 0.29) is 23.3 Å². The predicted molar refractivity (Wildman–Crippen MR) is 104 cm³/mol. The van der Waals surface area contributed by atoms with Crippen molar-refractivity contribution in [1.82, 2.24) is 0 Å². The van der Waals surface area contributed by atoms with Crippen molar-refractivity contribution in [3.05, 3.63) is 34.9 Å². The molecule has 4 atom stereocenters. The SMILES string of the molecule is CCCC1(C(C)OC(C)=O)C=CC2=C3CCC(=O)C=C3CC[C@H]2C1CC. The summed E-state index contributed by atoms with van der Waals surface area (Å²) < 4.78 is 5.72. The van der Waals surface area contributed by atoms with Crippen LogP contribution in [0.5, 0.6) is 0 Å². The number of carbonyl (C=O) groups is 2. The molecule has 3 heteroatoms. The second kappa shape index (κ2) is 7.54. The molecule has 0 aromatic heterocycles. The van der Waals surface area contributed by atoms with Crippen molar-refractivity contribution in [1.29, 1.82) is 0 Å². The van der Waals surface area contributed by atoms with Crippen LogP contribution in [0.25, 0.3) is 0 Å². The molecule has 3 aliphatic rings. The lowest BCUT2D eigenvalue weighted by molar-refractivity contribution is -0.154. The van der Waals surface area contributed by atoms with Gasteiger partial charge in [-0.05, 0) is 67.2 Å². The van der Waals surface area contributed by atoms with Crippen molar-refractivity contribution >= 4 is 11.8 Å². The maximum atomic E-state index is 11.8. The molecule has 0 amide bonds. The van der Waals surface area contributed by atoms with Gasteiger partial charge in [-0.2, -0.15) is 0 Å². The predicted octanol–water partition coefficient (Wildman–Crippen LogP) is 5.32. The molecule has 0 aliphatic heterocycles. The van der Waals surface area contributed by atoms with Gasteiger partial charge in [0.25, 0.3) is 0 Å². The Labute approximate surface area is 157 Å². The Morgan fingerprint density at radius 2 is 2.08 bits per heavy atom. The average molecular weight is 357 g/mol. The number of rotatable bonds is 5. The summed E-state index contributed by atoms with van der Waals surface area (Å²) in [5, 5.41) is 0. The summed E-state index contributed by atoms with van der Waals surface area (Å²) in [6, 6.07) is 0. The Morgan fingerprint density at radius 1 is 1.31 bits per heavy atom. The fraction of sp³-hybridized carbons (Fsp3) is 0.652. The zero-order valence-electron chi connectivity index (χ0n) is 16.6.